The molecule has 90 valence electrons. The third-order valence-electron chi connectivity index (χ3n) is 2.12. The zero-order valence-corrected chi connectivity index (χ0v) is 11.1. The Balaban J connectivity index is 2.48. The van der Waals surface area contributed by atoms with Crippen LogP contribution >= 0.6 is 11.3 Å². The molecule has 0 radical (unpaired) electrons. The average Bonchev–Trinajstić information content (AvgIpc) is 2.63. The van der Waals surface area contributed by atoms with E-state index in [0.717, 1.165) is 22.5 Å². The first-order valence-corrected chi connectivity index (χ1v) is 7.72. The van der Waals surface area contributed by atoms with E-state index in [1.165, 1.54) is 11.3 Å². The lowest BCUT2D eigenvalue weighted by molar-refractivity contribution is 0.607. The van der Waals surface area contributed by atoms with Gasteiger partial charge >= 0.3 is 0 Å². The highest BCUT2D eigenvalue weighted by molar-refractivity contribution is 7.92. The third-order valence-corrected chi connectivity index (χ3v) is 3.48. The molecule has 17 heavy (non-hydrogen) atoms. The first-order valence-electron chi connectivity index (χ1n) is 4.95. The normalized spacial score (nSPS) is 11.4. The minimum atomic E-state index is -3.28. The summed E-state index contributed by atoms with van der Waals surface area (Å²) in [6.45, 7) is 1.92. The summed E-state index contributed by atoms with van der Waals surface area (Å²) in [4.78, 5) is 4.36. The molecule has 1 heterocycles. The van der Waals surface area contributed by atoms with Crippen LogP contribution in [0.1, 0.15) is 5.01 Å². The van der Waals surface area contributed by atoms with Crippen LogP contribution in [0.5, 0.6) is 0 Å². The molecule has 2 aromatic rings. The number of aromatic nitrogens is 1. The fourth-order valence-corrected chi connectivity index (χ4v) is 2.67. The Morgan fingerprint density at radius 1 is 1.29 bits per heavy atom. The van der Waals surface area contributed by atoms with Crippen LogP contribution in [0.4, 0.5) is 5.69 Å². The fraction of sp³-hybridized carbons (Fsp3) is 0.182. The molecule has 0 saturated heterocycles. The van der Waals surface area contributed by atoms with Crippen LogP contribution in [0.25, 0.3) is 11.3 Å². The molecule has 0 aliphatic rings. The van der Waals surface area contributed by atoms with Gasteiger partial charge in [0, 0.05) is 10.9 Å². The van der Waals surface area contributed by atoms with Gasteiger partial charge < -0.3 is 0 Å². The summed E-state index contributed by atoms with van der Waals surface area (Å²) in [6.07, 6.45) is 1.13. The molecular formula is C11H12N2O2S2. The highest BCUT2D eigenvalue weighted by Gasteiger charge is 2.10. The third kappa shape index (κ3) is 3.04. The van der Waals surface area contributed by atoms with Crippen molar-refractivity contribution in [3.8, 4) is 11.3 Å². The van der Waals surface area contributed by atoms with Crippen LogP contribution in [0, 0.1) is 6.92 Å². The number of hydrogen-bond donors (Lipinski definition) is 1. The van der Waals surface area contributed by atoms with Crippen LogP contribution in [-0.2, 0) is 10.0 Å². The summed E-state index contributed by atoms with van der Waals surface area (Å²) >= 11 is 1.54. The molecule has 0 aliphatic carbocycles. The smallest absolute Gasteiger partial charge is 0.229 e. The molecular weight excluding hydrogens is 256 g/mol. The standard InChI is InChI=1S/C11H12N2O2S2/c1-8-12-11(7-16-8)9-5-3-4-6-10(9)13-17(2,14)15/h3-7,13H,1-2H3. The van der Waals surface area contributed by atoms with Crippen molar-refractivity contribution in [2.45, 2.75) is 6.92 Å². The zero-order valence-electron chi connectivity index (χ0n) is 9.47. The van der Waals surface area contributed by atoms with Crippen LogP contribution in [0.3, 0.4) is 0 Å². The Labute approximate surface area is 104 Å². The Morgan fingerprint density at radius 2 is 2.00 bits per heavy atom. The molecule has 1 aromatic heterocycles. The van der Waals surface area contributed by atoms with E-state index in [-0.39, 0.29) is 0 Å². The molecule has 0 spiro atoms. The second kappa shape index (κ2) is 4.46. The van der Waals surface area contributed by atoms with E-state index in [1.54, 1.807) is 12.1 Å². The summed E-state index contributed by atoms with van der Waals surface area (Å²) in [5, 5.41) is 2.87. The maximum atomic E-state index is 11.3. The highest BCUT2D eigenvalue weighted by atomic mass is 32.2. The van der Waals surface area contributed by atoms with Crippen LogP contribution in [0.2, 0.25) is 0 Å². The van der Waals surface area contributed by atoms with Crippen LogP contribution in [-0.4, -0.2) is 19.7 Å². The second-order valence-electron chi connectivity index (χ2n) is 3.67. The monoisotopic (exact) mass is 268 g/mol. The molecule has 2 rings (SSSR count). The summed E-state index contributed by atoms with van der Waals surface area (Å²) in [6, 6.07) is 7.22. The fourth-order valence-electron chi connectivity index (χ4n) is 1.48. The number of hydrogen-bond acceptors (Lipinski definition) is 4. The van der Waals surface area contributed by atoms with E-state index in [1.807, 2.05) is 24.4 Å². The Kier molecular flexibility index (Phi) is 3.17. The van der Waals surface area contributed by atoms with Crippen molar-refractivity contribution in [1.82, 2.24) is 4.98 Å². The second-order valence-corrected chi connectivity index (χ2v) is 6.48. The largest absolute Gasteiger partial charge is 0.283 e. The predicted octanol–water partition coefficient (Wildman–Crippen LogP) is 2.49. The van der Waals surface area contributed by atoms with Crippen LogP contribution < -0.4 is 4.72 Å². The number of nitrogens with zero attached hydrogens (tertiary/aromatic N) is 1. The summed E-state index contributed by atoms with van der Waals surface area (Å²) < 4.78 is 25.0. The average molecular weight is 268 g/mol. The van der Waals surface area contributed by atoms with Gasteiger partial charge in [-0.25, -0.2) is 13.4 Å². The molecule has 0 bridgehead atoms. The highest BCUT2D eigenvalue weighted by Crippen LogP contribution is 2.29. The van der Waals surface area contributed by atoms with E-state index >= 15 is 0 Å². The molecule has 0 fully saturated rings. The van der Waals surface area contributed by atoms with Gasteiger partial charge in [0.1, 0.15) is 0 Å². The van der Waals surface area contributed by atoms with Crippen molar-refractivity contribution < 1.29 is 8.42 Å². The summed E-state index contributed by atoms with van der Waals surface area (Å²) in [5.74, 6) is 0. The number of thiazole rings is 1. The van der Waals surface area contributed by atoms with Gasteiger partial charge in [-0.2, -0.15) is 0 Å². The molecule has 0 amide bonds. The van der Waals surface area contributed by atoms with Crippen LogP contribution in [0.15, 0.2) is 29.6 Å². The van der Waals surface area contributed by atoms with Gasteiger partial charge in [0.15, 0.2) is 0 Å². The van der Waals surface area contributed by atoms with Crippen molar-refractivity contribution in [2.75, 3.05) is 11.0 Å². The number of sulfonamides is 1. The molecule has 0 saturated carbocycles. The quantitative estimate of drug-likeness (QED) is 0.930. The van der Waals surface area contributed by atoms with Crippen molar-refractivity contribution >= 4 is 27.0 Å². The number of nitrogens with one attached hydrogen (secondary N) is 1. The van der Waals surface area contributed by atoms with Gasteiger partial charge in [0.2, 0.25) is 10.0 Å². The van der Waals surface area contributed by atoms with E-state index in [0.29, 0.717) is 5.69 Å². The topological polar surface area (TPSA) is 59.1 Å². The molecule has 1 aromatic carbocycles. The van der Waals surface area contributed by atoms with Gasteiger partial charge in [-0.3, -0.25) is 4.72 Å². The Bertz CT molecular complexity index is 632. The van der Waals surface area contributed by atoms with Crippen molar-refractivity contribution in [3.05, 3.63) is 34.7 Å². The molecule has 1 N–H and O–H groups in total. The zero-order chi connectivity index (χ0) is 12.5. The Hall–Kier alpha value is -1.40. The maximum Gasteiger partial charge on any atom is 0.229 e. The molecule has 0 atom stereocenters. The van der Waals surface area contributed by atoms with Gasteiger partial charge in [0.05, 0.1) is 22.6 Å². The van der Waals surface area contributed by atoms with Crippen molar-refractivity contribution in [2.24, 2.45) is 0 Å². The summed E-state index contributed by atoms with van der Waals surface area (Å²) in [5.41, 5.74) is 2.14. The number of rotatable bonds is 3. The van der Waals surface area contributed by atoms with Crippen molar-refractivity contribution in [3.63, 3.8) is 0 Å². The van der Waals surface area contributed by atoms with E-state index in [4.69, 9.17) is 0 Å². The number of benzene rings is 1. The van der Waals surface area contributed by atoms with E-state index < -0.39 is 10.0 Å². The number of anilines is 1. The van der Waals surface area contributed by atoms with E-state index in [2.05, 4.69) is 9.71 Å². The van der Waals surface area contributed by atoms with Gasteiger partial charge in [-0.1, -0.05) is 18.2 Å². The van der Waals surface area contributed by atoms with Crippen molar-refractivity contribution in [1.29, 1.82) is 0 Å². The predicted molar refractivity (Wildman–Crippen MR) is 70.8 cm³/mol. The number of aryl methyl sites for hydroxylation is 1. The lowest BCUT2D eigenvalue weighted by atomic mass is 10.1. The van der Waals surface area contributed by atoms with Gasteiger partial charge in [-0.15, -0.1) is 11.3 Å². The molecule has 4 nitrogen and oxygen atoms in total. The van der Waals surface area contributed by atoms with E-state index in [9.17, 15) is 8.42 Å². The minimum absolute atomic E-state index is 0.556. The maximum absolute atomic E-state index is 11.3. The molecule has 6 heteroatoms. The number of para-hydroxylation sites is 1. The summed E-state index contributed by atoms with van der Waals surface area (Å²) in [7, 11) is -3.28. The SMILES string of the molecule is Cc1nc(-c2ccccc2NS(C)(=O)=O)cs1. The molecule has 0 unspecified atom stereocenters. The minimum Gasteiger partial charge on any atom is -0.283 e. The Morgan fingerprint density at radius 3 is 2.59 bits per heavy atom. The first kappa shape index (κ1) is 12.1. The van der Waals surface area contributed by atoms with Gasteiger partial charge in [-0.05, 0) is 13.0 Å². The molecule has 0 aliphatic heterocycles. The lowest BCUT2D eigenvalue weighted by Crippen LogP contribution is -2.10. The first-order chi connectivity index (χ1) is 7.96. The lowest BCUT2D eigenvalue weighted by Gasteiger charge is -2.08. The van der Waals surface area contributed by atoms with Gasteiger partial charge in [0.25, 0.3) is 0 Å².